The molecule has 0 fully saturated rings. The van der Waals surface area contributed by atoms with E-state index in [9.17, 15) is 14.0 Å². The fourth-order valence-electron chi connectivity index (χ4n) is 4.20. The topological polar surface area (TPSA) is 153 Å². The molecule has 0 spiro atoms. The van der Waals surface area contributed by atoms with E-state index in [0.29, 0.717) is 39.4 Å². The first-order chi connectivity index (χ1) is 18.9. The van der Waals surface area contributed by atoms with Crippen molar-refractivity contribution in [1.82, 2.24) is 35.6 Å². The van der Waals surface area contributed by atoms with Crippen LogP contribution in [0.25, 0.3) is 33.4 Å². The van der Waals surface area contributed by atoms with Crippen LogP contribution in [0.15, 0.2) is 60.9 Å². The highest BCUT2D eigenvalue weighted by Crippen LogP contribution is 2.35. The van der Waals surface area contributed by atoms with E-state index < -0.39 is 11.7 Å². The number of ether oxygens (including phenoxy) is 1. The maximum atomic E-state index is 13.6. The van der Waals surface area contributed by atoms with Crippen LogP contribution in [0.4, 0.5) is 10.2 Å². The molecule has 0 unspecified atom stereocenters. The van der Waals surface area contributed by atoms with Crippen LogP contribution in [0.1, 0.15) is 15.9 Å². The molecule has 198 valence electrons. The van der Waals surface area contributed by atoms with Gasteiger partial charge in [0.2, 0.25) is 5.91 Å². The van der Waals surface area contributed by atoms with Crippen LogP contribution in [0.3, 0.4) is 0 Å². The van der Waals surface area contributed by atoms with Gasteiger partial charge in [0.15, 0.2) is 5.82 Å². The Morgan fingerprint density at radius 2 is 1.95 bits per heavy atom. The molecule has 0 saturated carbocycles. The number of aromatic nitrogens is 5. The number of H-pyrrole nitrogens is 1. The normalized spacial score (nSPS) is 10.9. The van der Waals surface area contributed by atoms with Crippen molar-refractivity contribution in [3.05, 3.63) is 77.9 Å². The number of nitrogens with one attached hydrogen (secondary N) is 3. The molecule has 0 aliphatic carbocycles. The number of carbonyl (C=O) groups excluding carboxylic acids is 2. The van der Waals surface area contributed by atoms with E-state index in [-0.39, 0.29) is 24.6 Å². The van der Waals surface area contributed by atoms with E-state index in [2.05, 4.69) is 30.9 Å². The smallest absolute Gasteiger partial charge is 0.255 e. The number of carbonyl (C=O) groups is 2. The van der Waals surface area contributed by atoms with Gasteiger partial charge in [-0.15, -0.1) is 0 Å². The molecule has 2 aromatic carbocycles. The zero-order valence-electron chi connectivity index (χ0n) is 21.2. The number of nitrogen functional groups attached to an aromatic ring is 1. The Labute approximate surface area is 222 Å². The van der Waals surface area contributed by atoms with Crippen LogP contribution in [0.5, 0.6) is 5.75 Å². The summed E-state index contributed by atoms with van der Waals surface area (Å²) in [5.74, 6) is -0.548. The minimum atomic E-state index is -0.522. The molecule has 5 rings (SSSR count). The highest BCUT2D eigenvalue weighted by molar-refractivity contribution is 6.05. The Hall–Kier alpha value is -5.26. The van der Waals surface area contributed by atoms with E-state index in [0.717, 1.165) is 17.2 Å². The quantitative estimate of drug-likeness (QED) is 0.242. The summed E-state index contributed by atoms with van der Waals surface area (Å²) < 4.78 is 20.3. The Bertz CT molecular complexity index is 1680. The van der Waals surface area contributed by atoms with Gasteiger partial charge in [0.25, 0.3) is 5.91 Å². The fraction of sp³-hybridized carbons (Fsp3) is 0.148. The lowest BCUT2D eigenvalue weighted by Crippen LogP contribution is -2.23. The van der Waals surface area contributed by atoms with Gasteiger partial charge in [-0.05, 0) is 29.8 Å². The fourth-order valence-corrected chi connectivity index (χ4v) is 4.20. The number of nitrogens with zero attached hydrogens (tertiary/aromatic N) is 4. The third kappa shape index (κ3) is 5.12. The number of halogens is 1. The Morgan fingerprint density at radius 3 is 2.69 bits per heavy atom. The molecule has 12 heteroatoms. The maximum Gasteiger partial charge on any atom is 0.255 e. The second-order valence-electron chi connectivity index (χ2n) is 8.68. The number of aromatic amines is 1. The number of hydrogen-bond acceptors (Lipinski definition) is 7. The number of benzene rings is 2. The summed E-state index contributed by atoms with van der Waals surface area (Å²) >= 11 is 0. The molecule has 0 atom stereocenters. The van der Waals surface area contributed by atoms with Crippen LogP contribution in [0, 0.1) is 5.82 Å². The van der Waals surface area contributed by atoms with E-state index >= 15 is 0 Å². The highest BCUT2D eigenvalue weighted by Gasteiger charge is 2.18. The average Bonchev–Trinajstić information content (AvgIpc) is 3.58. The molecule has 3 aromatic heterocycles. The lowest BCUT2D eigenvalue weighted by Gasteiger charge is -2.10. The first kappa shape index (κ1) is 25.4. The van der Waals surface area contributed by atoms with Crippen molar-refractivity contribution in [2.24, 2.45) is 0 Å². The van der Waals surface area contributed by atoms with Gasteiger partial charge in [0.05, 0.1) is 35.0 Å². The molecular weight excluding hydrogens is 503 g/mol. The van der Waals surface area contributed by atoms with Gasteiger partial charge in [-0.1, -0.05) is 24.3 Å². The molecule has 3 heterocycles. The number of hydrogen-bond donors (Lipinski definition) is 4. The van der Waals surface area contributed by atoms with Crippen molar-refractivity contribution < 1.29 is 18.7 Å². The van der Waals surface area contributed by atoms with E-state index in [1.54, 1.807) is 25.5 Å². The van der Waals surface area contributed by atoms with E-state index in [1.807, 2.05) is 24.3 Å². The zero-order chi connectivity index (χ0) is 27.5. The number of fused-ring (bicyclic) bond motifs is 1. The highest BCUT2D eigenvalue weighted by atomic mass is 19.1. The van der Waals surface area contributed by atoms with Crippen molar-refractivity contribution in [1.29, 1.82) is 0 Å². The standard InChI is InChI=1S/C27H25FN8O3/c1-30-22(37)14-36-10-9-20(35-36)19-13-31-24(23-25(19)33-34-26(23)29)16-5-3-15(4-6-16)12-32-27(38)18-11-17(28)7-8-21(18)39-2/h3-11,13H,12,14H2,1-2H3,(H,30,37)(H,32,38)(H3,29,33,34). The number of methoxy groups -OCH3 is 1. The van der Waals surface area contributed by atoms with Crippen LogP contribution < -0.4 is 21.1 Å². The minimum Gasteiger partial charge on any atom is -0.496 e. The summed E-state index contributed by atoms with van der Waals surface area (Å²) in [5, 5.41) is 17.6. The summed E-state index contributed by atoms with van der Waals surface area (Å²) in [5.41, 5.74) is 10.6. The number of likely N-dealkylation sites (N-methyl/N-ethyl adjacent to an activating group) is 1. The number of amides is 2. The van der Waals surface area contributed by atoms with Gasteiger partial charge in [-0.2, -0.15) is 10.2 Å². The lowest BCUT2D eigenvalue weighted by molar-refractivity contribution is -0.121. The number of rotatable bonds is 8. The number of pyridine rings is 1. The zero-order valence-corrected chi connectivity index (χ0v) is 21.2. The lowest BCUT2D eigenvalue weighted by atomic mass is 10.0. The van der Waals surface area contributed by atoms with Gasteiger partial charge >= 0.3 is 0 Å². The van der Waals surface area contributed by atoms with Crippen molar-refractivity contribution in [3.63, 3.8) is 0 Å². The van der Waals surface area contributed by atoms with Crippen molar-refractivity contribution in [2.75, 3.05) is 19.9 Å². The van der Waals surface area contributed by atoms with Gasteiger partial charge in [-0.25, -0.2) is 4.39 Å². The maximum absolute atomic E-state index is 13.6. The predicted molar refractivity (Wildman–Crippen MR) is 143 cm³/mol. The molecular formula is C27H25FN8O3. The van der Waals surface area contributed by atoms with Crippen molar-refractivity contribution in [2.45, 2.75) is 13.1 Å². The second kappa shape index (κ2) is 10.6. The largest absolute Gasteiger partial charge is 0.496 e. The SMILES string of the molecule is CNC(=O)Cn1ccc(-c2cnc(-c3ccc(CNC(=O)c4cc(F)ccc4OC)cc3)c3c(N)n[nH]c23)n1. The van der Waals surface area contributed by atoms with Crippen molar-refractivity contribution >= 4 is 28.5 Å². The molecule has 2 amide bonds. The van der Waals surface area contributed by atoms with Crippen LogP contribution in [-0.4, -0.2) is 50.9 Å². The van der Waals surface area contributed by atoms with Crippen LogP contribution >= 0.6 is 0 Å². The molecule has 11 nitrogen and oxygen atoms in total. The summed E-state index contributed by atoms with van der Waals surface area (Å²) in [7, 11) is 2.99. The molecule has 0 saturated heterocycles. The molecule has 5 aromatic rings. The predicted octanol–water partition coefficient (Wildman–Crippen LogP) is 2.89. The molecule has 0 aliphatic heterocycles. The first-order valence-electron chi connectivity index (χ1n) is 12.0. The summed E-state index contributed by atoms with van der Waals surface area (Å²) in [6.45, 7) is 0.325. The van der Waals surface area contributed by atoms with E-state index in [4.69, 9.17) is 10.5 Å². The number of nitrogens with two attached hydrogens (primary N) is 1. The second-order valence-corrected chi connectivity index (χ2v) is 8.68. The van der Waals surface area contributed by atoms with E-state index in [1.165, 1.54) is 23.9 Å². The van der Waals surface area contributed by atoms with Crippen LogP contribution in [0.2, 0.25) is 0 Å². The molecule has 0 aliphatic rings. The van der Waals surface area contributed by atoms with Gasteiger partial charge in [0.1, 0.15) is 18.1 Å². The third-order valence-electron chi connectivity index (χ3n) is 6.21. The summed E-state index contributed by atoms with van der Waals surface area (Å²) in [4.78, 5) is 28.9. The van der Waals surface area contributed by atoms with Crippen LogP contribution in [-0.2, 0) is 17.9 Å². The Balaban J connectivity index is 1.37. The van der Waals surface area contributed by atoms with Gasteiger partial charge in [0, 0.05) is 37.1 Å². The molecule has 5 N–H and O–H groups in total. The minimum absolute atomic E-state index is 0.0961. The Kier molecular flexibility index (Phi) is 6.91. The van der Waals surface area contributed by atoms with Gasteiger partial charge in [-0.3, -0.25) is 24.4 Å². The van der Waals surface area contributed by atoms with Gasteiger partial charge < -0.3 is 21.1 Å². The molecule has 0 radical (unpaired) electrons. The first-order valence-corrected chi connectivity index (χ1v) is 12.0. The molecule has 0 bridgehead atoms. The summed E-state index contributed by atoms with van der Waals surface area (Å²) in [6, 6.07) is 13.0. The average molecular weight is 529 g/mol. The van der Waals surface area contributed by atoms with Crippen molar-refractivity contribution in [3.8, 4) is 28.3 Å². The summed E-state index contributed by atoms with van der Waals surface area (Å²) in [6.07, 6.45) is 3.40. The molecule has 39 heavy (non-hydrogen) atoms. The number of anilines is 1. The monoisotopic (exact) mass is 528 g/mol. The third-order valence-corrected chi connectivity index (χ3v) is 6.21. The Morgan fingerprint density at radius 1 is 1.15 bits per heavy atom.